The van der Waals surface area contributed by atoms with Crippen LogP contribution in [0.25, 0.3) is 0 Å². The topological polar surface area (TPSA) is 91.9 Å². The van der Waals surface area contributed by atoms with Crippen molar-refractivity contribution >= 4 is 17.3 Å². The average molecular weight is 301 g/mol. The van der Waals surface area contributed by atoms with E-state index in [0.29, 0.717) is 22.7 Å². The number of benzene rings is 2. The van der Waals surface area contributed by atoms with Crippen LogP contribution in [0.15, 0.2) is 42.5 Å². The molecule has 22 heavy (non-hydrogen) atoms. The molecule has 3 rings (SSSR count). The van der Waals surface area contributed by atoms with Gasteiger partial charge in [-0.3, -0.25) is 10.0 Å². The van der Waals surface area contributed by atoms with Crippen LogP contribution in [0.4, 0.5) is 11.4 Å². The molecule has 1 unspecified atom stereocenters. The number of nitrogens with one attached hydrogen (secondary N) is 3. The van der Waals surface area contributed by atoms with E-state index >= 15 is 0 Å². The summed E-state index contributed by atoms with van der Waals surface area (Å²) in [5.41, 5.74) is 3.37. The second kappa shape index (κ2) is 5.82. The third-order valence-electron chi connectivity index (χ3n) is 3.27. The summed E-state index contributed by atoms with van der Waals surface area (Å²) in [5, 5.41) is 14.9. The van der Waals surface area contributed by atoms with Crippen molar-refractivity contribution in [2.75, 3.05) is 17.7 Å². The van der Waals surface area contributed by atoms with E-state index in [1.807, 2.05) is 24.3 Å². The van der Waals surface area contributed by atoms with Gasteiger partial charge in [-0.15, -0.1) is 0 Å². The normalized spacial score (nSPS) is 15.3. The van der Waals surface area contributed by atoms with Crippen molar-refractivity contribution in [3.8, 4) is 11.5 Å². The summed E-state index contributed by atoms with van der Waals surface area (Å²) in [4.78, 5) is 11.4. The molecule has 0 bridgehead atoms. The number of fused-ring (bicyclic) bond motifs is 1. The zero-order valence-corrected chi connectivity index (χ0v) is 11.8. The first-order valence-electron chi connectivity index (χ1n) is 6.62. The highest BCUT2D eigenvalue weighted by Gasteiger charge is 2.23. The van der Waals surface area contributed by atoms with Crippen molar-refractivity contribution in [3.05, 3.63) is 48.0 Å². The van der Waals surface area contributed by atoms with Gasteiger partial charge in [-0.1, -0.05) is 12.1 Å². The molecule has 114 valence electrons. The molecule has 0 aromatic heterocycles. The highest BCUT2D eigenvalue weighted by molar-refractivity contribution is 5.95. The Morgan fingerprint density at radius 3 is 2.91 bits per heavy atom. The van der Waals surface area contributed by atoms with Crippen LogP contribution in [-0.4, -0.2) is 24.6 Å². The zero-order valence-electron chi connectivity index (χ0n) is 11.8. The minimum atomic E-state index is -0.578. The molecule has 1 amide bonds. The molecule has 7 heteroatoms. The van der Waals surface area contributed by atoms with Crippen molar-refractivity contribution in [2.45, 2.75) is 6.35 Å². The molecule has 7 nitrogen and oxygen atoms in total. The highest BCUT2D eigenvalue weighted by atomic mass is 16.5. The molecule has 1 atom stereocenters. The van der Waals surface area contributed by atoms with Gasteiger partial charge in [-0.25, -0.2) is 5.48 Å². The largest absolute Gasteiger partial charge is 0.495 e. The first-order chi connectivity index (χ1) is 10.7. The summed E-state index contributed by atoms with van der Waals surface area (Å²) in [6, 6.07) is 12.3. The minimum Gasteiger partial charge on any atom is -0.495 e. The Balaban J connectivity index is 1.75. The van der Waals surface area contributed by atoms with Crippen molar-refractivity contribution < 1.29 is 19.5 Å². The van der Waals surface area contributed by atoms with Gasteiger partial charge in [0.05, 0.1) is 18.5 Å². The van der Waals surface area contributed by atoms with Gasteiger partial charge in [0.1, 0.15) is 11.5 Å². The lowest BCUT2D eigenvalue weighted by Gasteiger charge is -2.16. The summed E-state index contributed by atoms with van der Waals surface area (Å²) in [6.45, 7) is 0. The van der Waals surface area contributed by atoms with Crippen molar-refractivity contribution in [3.63, 3.8) is 0 Å². The van der Waals surface area contributed by atoms with E-state index in [1.165, 1.54) is 0 Å². The number of hydrogen-bond donors (Lipinski definition) is 4. The molecular weight excluding hydrogens is 286 g/mol. The number of carbonyl (C=O) groups excluding carboxylic acids is 1. The number of ether oxygens (including phenoxy) is 2. The molecule has 1 heterocycles. The van der Waals surface area contributed by atoms with Crippen LogP contribution in [-0.2, 0) is 0 Å². The fourth-order valence-electron chi connectivity index (χ4n) is 2.22. The van der Waals surface area contributed by atoms with E-state index < -0.39 is 12.3 Å². The van der Waals surface area contributed by atoms with Crippen LogP contribution in [0.1, 0.15) is 10.4 Å². The molecule has 4 N–H and O–H groups in total. The monoisotopic (exact) mass is 301 g/mol. The van der Waals surface area contributed by atoms with Gasteiger partial charge in [0, 0.05) is 5.56 Å². The number of methoxy groups -OCH3 is 1. The van der Waals surface area contributed by atoms with Gasteiger partial charge >= 0.3 is 0 Å². The Kier molecular flexibility index (Phi) is 3.71. The van der Waals surface area contributed by atoms with E-state index in [2.05, 4.69) is 10.6 Å². The molecule has 0 radical (unpaired) electrons. The molecular formula is C15H15N3O4. The molecule has 2 aromatic rings. The van der Waals surface area contributed by atoms with Crippen molar-refractivity contribution in [1.29, 1.82) is 0 Å². The molecule has 0 spiro atoms. The summed E-state index contributed by atoms with van der Waals surface area (Å²) in [6.07, 6.45) is -0.487. The maximum absolute atomic E-state index is 11.4. The molecule has 1 aliphatic rings. The Bertz CT molecular complexity index is 705. The lowest BCUT2D eigenvalue weighted by Crippen LogP contribution is -2.29. The molecule has 0 aliphatic carbocycles. The number of rotatable bonds is 4. The van der Waals surface area contributed by atoms with Gasteiger partial charge < -0.3 is 20.1 Å². The van der Waals surface area contributed by atoms with Crippen LogP contribution in [0.2, 0.25) is 0 Å². The van der Waals surface area contributed by atoms with Crippen LogP contribution >= 0.6 is 0 Å². The Hall–Kier alpha value is -2.93. The summed E-state index contributed by atoms with van der Waals surface area (Å²) in [7, 11) is 1.60. The van der Waals surface area contributed by atoms with E-state index in [4.69, 9.17) is 14.7 Å². The Morgan fingerprint density at radius 2 is 2.14 bits per heavy atom. The number of hydrogen-bond acceptors (Lipinski definition) is 6. The number of para-hydroxylation sites is 2. The standard InChI is InChI=1S/C15H15N3O4/c1-21-12-5-3-2-4-10(12)16-15-17-11-8-9(14(19)18-20)6-7-13(11)22-15/h2-8,15-17,20H,1H3,(H,18,19). The zero-order chi connectivity index (χ0) is 15.5. The maximum atomic E-state index is 11.4. The fourth-order valence-corrected chi connectivity index (χ4v) is 2.22. The van der Waals surface area contributed by atoms with E-state index in [1.54, 1.807) is 30.8 Å². The van der Waals surface area contributed by atoms with E-state index in [-0.39, 0.29) is 0 Å². The fraction of sp³-hybridized carbons (Fsp3) is 0.133. The third-order valence-corrected chi connectivity index (χ3v) is 3.27. The molecule has 0 saturated heterocycles. The first-order valence-corrected chi connectivity index (χ1v) is 6.62. The smallest absolute Gasteiger partial charge is 0.274 e. The van der Waals surface area contributed by atoms with E-state index in [9.17, 15) is 4.79 Å². The molecule has 2 aromatic carbocycles. The average Bonchev–Trinajstić information content (AvgIpc) is 2.95. The molecule has 0 saturated carbocycles. The lowest BCUT2D eigenvalue weighted by atomic mass is 10.2. The Morgan fingerprint density at radius 1 is 1.32 bits per heavy atom. The van der Waals surface area contributed by atoms with Crippen molar-refractivity contribution in [1.82, 2.24) is 5.48 Å². The lowest BCUT2D eigenvalue weighted by molar-refractivity contribution is 0.0706. The van der Waals surface area contributed by atoms with Crippen molar-refractivity contribution in [2.24, 2.45) is 0 Å². The molecule has 0 fully saturated rings. The van der Waals surface area contributed by atoms with Crippen LogP contribution in [0, 0.1) is 0 Å². The van der Waals surface area contributed by atoms with Gasteiger partial charge in [-0.05, 0) is 30.3 Å². The first kappa shape index (κ1) is 14.0. The van der Waals surface area contributed by atoms with Crippen LogP contribution < -0.4 is 25.6 Å². The number of carbonyl (C=O) groups is 1. The Labute approximate surface area is 126 Å². The quantitative estimate of drug-likeness (QED) is 0.510. The third kappa shape index (κ3) is 2.61. The second-order valence-corrected chi connectivity index (χ2v) is 4.64. The van der Waals surface area contributed by atoms with Gasteiger partial charge in [0.25, 0.3) is 5.91 Å². The number of amides is 1. The number of anilines is 2. The summed E-state index contributed by atoms with van der Waals surface area (Å²) < 4.78 is 11.0. The van der Waals surface area contributed by atoms with Gasteiger partial charge in [0.15, 0.2) is 0 Å². The van der Waals surface area contributed by atoms with Gasteiger partial charge in [0.2, 0.25) is 6.35 Å². The summed E-state index contributed by atoms with van der Waals surface area (Å²) in [5.74, 6) is 0.733. The highest BCUT2D eigenvalue weighted by Crippen LogP contribution is 2.34. The van der Waals surface area contributed by atoms with E-state index in [0.717, 1.165) is 5.69 Å². The number of hydroxylamine groups is 1. The predicted octanol–water partition coefficient (Wildman–Crippen LogP) is 2.01. The predicted molar refractivity (Wildman–Crippen MR) is 80.4 cm³/mol. The summed E-state index contributed by atoms with van der Waals surface area (Å²) >= 11 is 0. The van der Waals surface area contributed by atoms with Gasteiger partial charge in [-0.2, -0.15) is 0 Å². The van der Waals surface area contributed by atoms with Crippen LogP contribution in [0.5, 0.6) is 11.5 Å². The second-order valence-electron chi connectivity index (χ2n) is 4.64. The maximum Gasteiger partial charge on any atom is 0.274 e. The molecule has 1 aliphatic heterocycles. The SMILES string of the molecule is COc1ccccc1NC1Nc2cc(C(=O)NO)ccc2O1. The minimum absolute atomic E-state index is 0.329. The van der Waals surface area contributed by atoms with Crippen LogP contribution in [0.3, 0.4) is 0 Å².